The van der Waals surface area contributed by atoms with E-state index in [0.717, 1.165) is 17.9 Å². The first kappa shape index (κ1) is 19.0. The minimum absolute atomic E-state index is 0.167. The third-order valence-corrected chi connectivity index (χ3v) is 4.56. The Labute approximate surface area is 159 Å². The van der Waals surface area contributed by atoms with E-state index in [2.05, 4.69) is 48.3 Å². The smallest absolute Gasteiger partial charge is 0.280 e. The summed E-state index contributed by atoms with van der Waals surface area (Å²) in [6, 6.07) is 18.0. The van der Waals surface area contributed by atoms with Crippen molar-refractivity contribution in [2.75, 3.05) is 7.05 Å². The van der Waals surface area contributed by atoms with E-state index in [9.17, 15) is 4.79 Å². The van der Waals surface area contributed by atoms with Crippen molar-refractivity contribution in [3.63, 3.8) is 0 Å². The van der Waals surface area contributed by atoms with Crippen LogP contribution in [-0.4, -0.2) is 23.2 Å². The van der Waals surface area contributed by atoms with E-state index in [1.54, 1.807) is 0 Å². The molecule has 142 valence electrons. The number of rotatable bonds is 7. The van der Waals surface area contributed by atoms with Crippen LogP contribution >= 0.6 is 0 Å². The highest BCUT2D eigenvalue weighted by atomic mass is 16.5. The van der Waals surface area contributed by atoms with Gasteiger partial charge in [0, 0.05) is 18.2 Å². The lowest BCUT2D eigenvalue weighted by Crippen LogP contribution is -2.22. The van der Waals surface area contributed by atoms with Crippen LogP contribution in [0.25, 0.3) is 11.3 Å². The molecule has 0 amide bonds. The molecular weight excluding hydrogens is 340 g/mol. The van der Waals surface area contributed by atoms with Crippen molar-refractivity contribution in [3.05, 3.63) is 76.1 Å². The molecule has 0 fully saturated rings. The van der Waals surface area contributed by atoms with Crippen molar-refractivity contribution >= 4 is 0 Å². The second kappa shape index (κ2) is 8.27. The molecule has 1 atom stereocenters. The highest BCUT2D eigenvalue weighted by Gasteiger charge is 2.13. The Bertz CT molecular complexity index is 925. The van der Waals surface area contributed by atoms with Crippen LogP contribution in [0.4, 0.5) is 0 Å². The minimum atomic E-state index is -0.231. The van der Waals surface area contributed by atoms with Gasteiger partial charge in [-0.2, -0.15) is 5.16 Å². The van der Waals surface area contributed by atoms with E-state index in [0.29, 0.717) is 5.76 Å². The van der Waals surface area contributed by atoms with Crippen LogP contribution < -0.4 is 10.3 Å². The standard InChI is InChI=1S/C22H26N2O3/c1-15(2)26-20-7-5-6-17(12-20)14-24(4)16(3)18-8-10-19(11-9-18)21-13-22(25)23-27-21/h5-13,15-16H,14H2,1-4H3,(H,23,25). The molecule has 0 saturated heterocycles. The Morgan fingerprint density at radius 1 is 1.07 bits per heavy atom. The van der Waals surface area contributed by atoms with E-state index in [1.165, 1.54) is 17.2 Å². The fraction of sp³-hybridized carbons (Fsp3) is 0.318. The average Bonchev–Trinajstić information content (AvgIpc) is 3.07. The number of aromatic nitrogens is 1. The molecule has 0 spiro atoms. The summed E-state index contributed by atoms with van der Waals surface area (Å²) >= 11 is 0. The van der Waals surface area contributed by atoms with Crippen molar-refractivity contribution in [1.29, 1.82) is 0 Å². The molecule has 5 nitrogen and oxygen atoms in total. The Kier molecular flexibility index (Phi) is 5.81. The molecule has 0 aliphatic heterocycles. The maximum atomic E-state index is 11.2. The van der Waals surface area contributed by atoms with E-state index in [4.69, 9.17) is 9.26 Å². The summed E-state index contributed by atoms with van der Waals surface area (Å²) in [7, 11) is 2.11. The van der Waals surface area contributed by atoms with Gasteiger partial charge >= 0.3 is 0 Å². The largest absolute Gasteiger partial charge is 0.491 e. The van der Waals surface area contributed by atoms with Crippen molar-refractivity contribution in [3.8, 4) is 17.1 Å². The Balaban J connectivity index is 1.68. The van der Waals surface area contributed by atoms with Crippen LogP contribution in [0.1, 0.15) is 37.9 Å². The maximum Gasteiger partial charge on any atom is 0.280 e. The van der Waals surface area contributed by atoms with Gasteiger partial charge in [-0.05, 0) is 51.1 Å². The Hall–Kier alpha value is -2.79. The first-order valence-electron chi connectivity index (χ1n) is 9.17. The Morgan fingerprint density at radius 3 is 2.44 bits per heavy atom. The van der Waals surface area contributed by atoms with Gasteiger partial charge in [0.2, 0.25) is 0 Å². The summed E-state index contributed by atoms with van der Waals surface area (Å²) in [4.78, 5) is 13.5. The van der Waals surface area contributed by atoms with Crippen LogP contribution in [0, 0.1) is 0 Å². The van der Waals surface area contributed by atoms with E-state index in [1.807, 2.05) is 38.1 Å². The van der Waals surface area contributed by atoms with Crippen LogP contribution in [0.3, 0.4) is 0 Å². The number of ether oxygens (including phenoxy) is 1. The van der Waals surface area contributed by atoms with Gasteiger partial charge in [0.15, 0.2) is 5.76 Å². The SMILES string of the molecule is CC(C)Oc1cccc(CN(C)C(C)c2ccc(-c3cc(=O)[nH]o3)cc2)c1. The fourth-order valence-corrected chi connectivity index (χ4v) is 3.02. The molecule has 1 N–H and O–H groups in total. The summed E-state index contributed by atoms with van der Waals surface area (Å²) < 4.78 is 10.9. The molecule has 1 heterocycles. The molecule has 27 heavy (non-hydrogen) atoms. The zero-order chi connectivity index (χ0) is 19.4. The second-order valence-corrected chi connectivity index (χ2v) is 7.10. The predicted molar refractivity (Wildman–Crippen MR) is 107 cm³/mol. The predicted octanol–water partition coefficient (Wildman–Crippen LogP) is 4.62. The van der Waals surface area contributed by atoms with Gasteiger partial charge in [-0.3, -0.25) is 9.69 Å². The number of hydrogen-bond acceptors (Lipinski definition) is 4. The van der Waals surface area contributed by atoms with Gasteiger partial charge in [-0.15, -0.1) is 0 Å². The highest BCUT2D eigenvalue weighted by Crippen LogP contribution is 2.25. The monoisotopic (exact) mass is 366 g/mol. The molecule has 0 saturated carbocycles. The van der Waals surface area contributed by atoms with Gasteiger partial charge < -0.3 is 9.26 Å². The average molecular weight is 366 g/mol. The first-order chi connectivity index (χ1) is 12.9. The number of benzene rings is 2. The number of nitrogens with zero attached hydrogens (tertiary/aromatic N) is 1. The van der Waals surface area contributed by atoms with Crippen LogP contribution in [-0.2, 0) is 6.54 Å². The lowest BCUT2D eigenvalue weighted by molar-refractivity contribution is 0.238. The van der Waals surface area contributed by atoms with Gasteiger partial charge in [0.25, 0.3) is 5.56 Å². The van der Waals surface area contributed by atoms with Crippen LogP contribution in [0.15, 0.2) is 63.9 Å². The van der Waals surface area contributed by atoms with E-state index >= 15 is 0 Å². The molecule has 1 aromatic heterocycles. The van der Waals surface area contributed by atoms with Gasteiger partial charge in [0.1, 0.15) is 5.75 Å². The third kappa shape index (κ3) is 4.89. The number of H-pyrrole nitrogens is 1. The normalized spacial score (nSPS) is 12.5. The number of hydrogen-bond donors (Lipinski definition) is 1. The van der Waals surface area contributed by atoms with Gasteiger partial charge in [-0.1, -0.05) is 36.4 Å². The maximum absolute atomic E-state index is 11.2. The lowest BCUT2D eigenvalue weighted by Gasteiger charge is -2.25. The highest BCUT2D eigenvalue weighted by molar-refractivity contribution is 5.57. The Morgan fingerprint density at radius 2 is 1.81 bits per heavy atom. The van der Waals surface area contributed by atoms with Gasteiger partial charge in [-0.25, -0.2) is 0 Å². The summed E-state index contributed by atoms with van der Waals surface area (Å²) in [5, 5.41) is 2.32. The molecule has 5 heteroatoms. The van der Waals surface area contributed by atoms with Crippen molar-refractivity contribution in [2.24, 2.45) is 0 Å². The topological polar surface area (TPSA) is 58.5 Å². The molecule has 1 unspecified atom stereocenters. The molecular formula is C22H26N2O3. The summed E-state index contributed by atoms with van der Waals surface area (Å²) in [6.45, 7) is 7.07. The van der Waals surface area contributed by atoms with Crippen LogP contribution in [0.2, 0.25) is 0 Å². The van der Waals surface area contributed by atoms with E-state index < -0.39 is 0 Å². The first-order valence-corrected chi connectivity index (χ1v) is 9.17. The molecule has 3 aromatic rings. The van der Waals surface area contributed by atoms with E-state index in [-0.39, 0.29) is 17.7 Å². The zero-order valence-corrected chi connectivity index (χ0v) is 16.2. The summed E-state index contributed by atoms with van der Waals surface area (Å²) in [5.41, 5.74) is 3.07. The van der Waals surface area contributed by atoms with Crippen molar-refractivity contribution < 1.29 is 9.26 Å². The fourth-order valence-electron chi connectivity index (χ4n) is 3.02. The molecule has 0 aliphatic carbocycles. The second-order valence-electron chi connectivity index (χ2n) is 7.10. The molecule has 2 aromatic carbocycles. The molecule has 0 bridgehead atoms. The van der Waals surface area contributed by atoms with Crippen molar-refractivity contribution in [1.82, 2.24) is 10.1 Å². The van der Waals surface area contributed by atoms with Crippen molar-refractivity contribution in [2.45, 2.75) is 39.5 Å². The summed E-state index contributed by atoms with van der Waals surface area (Å²) in [5.74, 6) is 1.45. The third-order valence-electron chi connectivity index (χ3n) is 4.56. The van der Waals surface area contributed by atoms with Gasteiger partial charge in [0.05, 0.1) is 12.2 Å². The molecule has 3 rings (SSSR count). The lowest BCUT2D eigenvalue weighted by atomic mass is 10.0. The molecule has 0 aliphatic rings. The number of aromatic amines is 1. The molecule has 0 radical (unpaired) electrons. The van der Waals surface area contributed by atoms with Crippen LogP contribution in [0.5, 0.6) is 5.75 Å². The number of nitrogens with one attached hydrogen (secondary N) is 1. The quantitative estimate of drug-likeness (QED) is 0.663. The zero-order valence-electron chi connectivity index (χ0n) is 16.2. The minimum Gasteiger partial charge on any atom is -0.491 e. The summed E-state index contributed by atoms with van der Waals surface area (Å²) in [6.07, 6.45) is 0.167.